The van der Waals surface area contributed by atoms with E-state index in [1.165, 1.54) is 17.1 Å². The van der Waals surface area contributed by atoms with E-state index in [0.29, 0.717) is 24.8 Å². The average Bonchev–Trinajstić information content (AvgIpc) is 3.13. The van der Waals surface area contributed by atoms with E-state index < -0.39 is 4.92 Å². The number of amides is 1. The Balaban J connectivity index is 1.51. The van der Waals surface area contributed by atoms with E-state index in [4.69, 9.17) is 5.73 Å². The molecular formula is C13H19N5O3. The van der Waals surface area contributed by atoms with E-state index in [-0.39, 0.29) is 17.6 Å². The smallest absolute Gasteiger partial charge is 0.306 e. The quantitative estimate of drug-likeness (QED) is 0.637. The molecule has 1 saturated carbocycles. The molecule has 3 atom stereocenters. The van der Waals surface area contributed by atoms with Crippen molar-refractivity contribution in [1.29, 1.82) is 0 Å². The molecule has 2 fully saturated rings. The lowest BCUT2D eigenvalue weighted by atomic mass is 9.98. The second-order valence-corrected chi connectivity index (χ2v) is 5.93. The Morgan fingerprint density at radius 1 is 1.48 bits per heavy atom. The fraction of sp³-hybridized carbons (Fsp3) is 0.692. The van der Waals surface area contributed by atoms with Gasteiger partial charge in [-0.3, -0.25) is 19.6 Å². The molecule has 2 N–H and O–H groups in total. The first-order chi connectivity index (χ1) is 10.0. The molecule has 1 aliphatic heterocycles. The van der Waals surface area contributed by atoms with Gasteiger partial charge in [0, 0.05) is 32.1 Å². The van der Waals surface area contributed by atoms with E-state index in [9.17, 15) is 14.9 Å². The number of hydrogen-bond donors (Lipinski definition) is 1. The molecule has 2 aliphatic rings. The molecule has 1 aromatic rings. The molecule has 3 unspecified atom stereocenters. The molecular weight excluding hydrogens is 274 g/mol. The first-order valence-corrected chi connectivity index (χ1v) is 7.25. The van der Waals surface area contributed by atoms with Crippen LogP contribution in [0.3, 0.4) is 0 Å². The SMILES string of the molecule is NC1CCC2CN(C(=O)CCn3cc([N+](=O)[O-])cn3)CC12. The number of aryl methyl sites for hydroxylation is 1. The van der Waals surface area contributed by atoms with Crippen LogP contribution < -0.4 is 5.73 Å². The Morgan fingerprint density at radius 3 is 2.95 bits per heavy atom. The number of nitro groups is 1. The van der Waals surface area contributed by atoms with E-state index in [1.54, 1.807) is 0 Å². The summed E-state index contributed by atoms with van der Waals surface area (Å²) in [6.45, 7) is 1.92. The van der Waals surface area contributed by atoms with E-state index >= 15 is 0 Å². The Hall–Kier alpha value is -1.96. The number of carbonyl (C=O) groups is 1. The van der Waals surface area contributed by atoms with Gasteiger partial charge in [-0.25, -0.2) is 0 Å². The maximum atomic E-state index is 12.2. The lowest BCUT2D eigenvalue weighted by Gasteiger charge is -2.18. The number of nitrogens with zero attached hydrogens (tertiary/aromatic N) is 4. The van der Waals surface area contributed by atoms with Crippen molar-refractivity contribution < 1.29 is 9.72 Å². The maximum absolute atomic E-state index is 12.2. The molecule has 0 spiro atoms. The Labute approximate surface area is 122 Å². The molecule has 1 amide bonds. The summed E-state index contributed by atoms with van der Waals surface area (Å²) >= 11 is 0. The van der Waals surface area contributed by atoms with Crippen molar-refractivity contribution >= 4 is 11.6 Å². The van der Waals surface area contributed by atoms with Gasteiger partial charge in [0.25, 0.3) is 0 Å². The average molecular weight is 293 g/mol. The first kappa shape index (κ1) is 14.0. The van der Waals surface area contributed by atoms with Crippen LogP contribution in [0.1, 0.15) is 19.3 Å². The molecule has 2 heterocycles. The standard InChI is InChI=1S/C13H19N5O3/c14-12-2-1-9-6-16(8-11(9)12)13(19)3-4-17-7-10(5-15-17)18(20)21/h5,7,9,11-12H,1-4,6,8,14H2. The zero-order chi connectivity index (χ0) is 15.0. The van der Waals surface area contributed by atoms with Crippen LogP contribution >= 0.6 is 0 Å². The summed E-state index contributed by atoms with van der Waals surface area (Å²) in [5.41, 5.74) is 6.01. The fourth-order valence-corrected chi connectivity index (χ4v) is 3.45. The fourth-order valence-electron chi connectivity index (χ4n) is 3.45. The van der Waals surface area contributed by atoms with Crippen molar-refractivity contribution in [2.75, 3.05) is 13.1 Å². The predicted octanol–water partition coefficient (Wildman–Crippen LogP) is 0.377. The van der Waals surface area contributed by atoms with E-state index in [0.717, 1.165) is 25.9 Å². The van der Waals surface area contributed by atoms with Crippen LogP contribution in [-0.2, 0) is 11.3 Å². The van der Waals surface area contributed by atoms with Crippen molar-refractivity contribution in [3.63, 3.8) is 0 Å². The molecule has 114 valence electrons. The Kier molecular flexibility index (Phi) is 3.62. The summed E-state index contributed by atoms with van der Waals surface area (Å²) < 4.78 is 1.44. The van der Waals surface area contributed by atoms with Crippen molar-refractivity contribution in [3.8, 4) is 0 Å². The summed E-state index contributed by atoms with van der Waals surface area (Å²) in [7, 11) is 0. The van der Waals surface area contributed by atoms with Crippen LogP contribution in [0.25, 0.3) is 0 Å². The second-order valence-electron chi connectivity index (χ2n) is 5.93. The molecule has 0 aromatic carbocycles. The van der Waals surface area contributed by atoms with Crippen LogP contribution in [0.2, 0.25) is 0 Å². The van der Waals surface area contributed by atoms with Gasteiger partial charge in [-0.15, -0.1) is 0 Å². The van der Waals surface area contributed by atoms with Gasteiger partial charge in [-0.05, 0) is 24.7 Å². The van der Waals surface area contributed by atoms with Gasteiger partial charge in [-0.1, -0.05) is 0 Å². The number of hydrogen-bond acceptors (Lipinski definition) is 5. The minimum absolute atomic E-state index is 0.0517. The highest BCUT2D eigenvalue weighted by Gasteiger charge is 2.42. The molecule has 0 bridgehead atoms. The largest absolute Gasteiger partial charge is 0.342 e. The monoisotopic (exact) mass is 293 g/mol. The van der Waals surface area contributed by atoms with Gasteiger partial charge in [0.15, 0.2) is 0 Å². The van der Waals surface area contributed by atoms with Gasteiger partial charge in [-0.2, -0.15) is 5.10 Å². The number of rotatable bonds is 4. The van der Waals surface area contributed by atoms with Crippen LogP contribution in [0.15, 0.2) is 12.4 Å². The van der Waals surface area contributed by atoms with E-state index in [2.05, 4.69) is 5.10 Å². The molecule has 21 heavy (non-hydrogen) atoms. The molecule has 3 rings (SSSR count). The second kappa shape index (κ2) is 5.44. The van der Waals surface area contributed by atoms with E-state index in [1.807, 2.05) is 4.90 Å². The third-order valence-corrected chi connectivity index (χ3v) is 4.65. The van der Waals surface area contributed by atoms with Crippen LogP contribution in [-0.4, -0.2) is 44.6 Å². The van der Waals surface area contributed by atoms with Gasteiger partial charge < -0.3 is 10.6 Å². The zero-order valence-electron chi connectivity index (χ0n) is 11.7. The topological polar surface area (TPSA) is 107 Å². The minimum atomic E-state index is -0.492. The van der Waals surface area contributed by atoms with Crippen molar-refractivity contribution in [2.45, 2.75) is 31.8 Å². The molecule has 8 heteroatoms. The van der Waals surface area contributed by atoms with Crippen molar-refractivity contribution in [2.24, 2.45) is 17.6 Å². The summed E-state index contributed by atoms with van der Waals surface area (Å²) in [5.74, 6) is 1.07. The number of likely N-dealkylation sites (tertiary alicyclic amines) is 1. The van der Waals surface area contributed by atoms with Crippen molar-refractivity contribution in [3.05, 3.63) is 22.5 Å². The summed E-state index contributed by atoms with van der Waals surface area (Å²) in [6.07, 6.45) is 5.04. The normalized spacial score (nSPS) is 27.9. The van der Waals surface area contributed by atoms with Crippen LogP contribution in [0.5, 0.6) is 0 Å². The first-order valence-electron chi connectivity index (χ1n) is 7.25. The van der Waals surface area contributed by atoms with Gasteiger partial charge in [0.05, 0.1) is 4.92 Å². The number of carbonyl (C=O) groups excluding carboxylic acids is 1. The molecule has 8 nitrogen and oxygen atoms in total. The van der Waals surface area contributed by atoms with Gasteiger partial charge in [0.2, 0.25) is 5.91 Å². The molecule has 0 radical (unpaired) electrons. The highest BCUT2D eigenvalue weighted by Crippen LogP contribution is 2.37. The summed E-state index contributed by atoms with van der Waals surface area (Å²) in [4.78, 5) is 24.2. The maximum Gasteiger partial charge on any atom is 0.306 e. The van der Waals surface area contributed by atoms with Crippen molar-refractivity contribution in [1.82, 2.24) is 14.7 Å². The lowest BCUT2D eigenvalue weighted by Crippen LogP contribution is -2.33. The highest BCUT2D eigenvalue weighted by atomic mass is 16.6. The third kappa shape index (κ3) is 2.76. The van der Waals surface area contributed by atoms with Crippen LogP contribution in [0.4, 0.5) is 5.69 Å². The van der Waals surface area contributed by atoms with Crippen LogP contribution in [0, 0.1) is 22.0 Å². The number of aromatic nitrogens is 2. The minimum Gasteiger partial charge on any atom is -0.342 e. The highest BCUT2D eigenvalue weighted by molar-refractivity contribution is 5.76. The van der Waals surface area contributed by atoms with Gasteiger partial charge in [0.1, 0.15) is 12.4 Å². The molecule has 1 aromatic heterocycles. The predicted molar refractivity (Wildman–Crippen MR) is 74.3 cm³/mol. The zero-order valence-corrected chi connectivity index (χ0v) is 11.7. The van der Waals surface area contributed by atoms with Gasteiger partial charge >= 0.3 is 5.69 Å². The lowest BCUT2D eigenvalue weighted by molar-refractivity contribution is -0.385. The molecule has 1 saturated heterocycles. The number of fused-ring (bicyclic) bond motifs is 1. The number of nitrogens with two attached hydrogens (primary N) is 1. The summed E-state index contributed by atoms with van der Waals surface area (Å²) in [6, 6.07) is 0.224. The summed E-state index contributed by atoms with van der Waals surface area (Å²) in [5, 5.41) is 14.5. The third-order valence-electron chi connectivity index (χ3n) is 4.65. The Morgan fingerprint density at radius 2 is 2.29 bits per heavy atom. The Bertz CT molecular complexity index is 558. The molecule has 1 aliphatic carbocycles.